The molecule has 21 heavy (non-hydrogen) atoms. The quantitative estimate of drug-likeness (QED) is 0.645. The van der Waals surface area contributed by atoms with E-state index in [9.17, 15) is 5.11 Å². The van der Waals surface area contributed by atoms with Crippen LogP contribution < -0.4 is 0 Å². The molecular formula is C19H18OS. The SMILES string of the molecule is C#CC(O)c1ccccc1SC/C=C(\C)c1ccccc1. The fourth-order valence-electron chi connectivity index (χ4n) is 2.00. The first-order valence-corrected chi connectivity index (χ1v) is 7.79. The molecule has 0 fully saturated rings. The Labute approximate surface area is 130 Å². The molecule has 0 radical (unpaired) electrons. The van der Waals surface area contributed by atoms with Crippen LogP contribution in [0.2, 0.25) is 0 Å². The summed E-state index contributed by atoms with van der Waals surface area (Å²) in [6.07, 6.45) is 6.66. The van der Waals surface area contributed by atoms with Crippen LogP contribution in [0.15, 0.2) is 65.6 Å². The standard InChI is InChI=1S/C19H18OS/c1-3-18(20)17-11-7-8-12-19(17)21-14-13-15(2)16-9-5-4-6-10-16/h1,4-13,18,20H,14H2,2H3/b15-13+. The van der Waals surface area contributed by atoms with Crippen LogP contribution in [0, 0.1) is 12.3 Å². The molecule has 2 heteroatoms. The summed E-state index contributed by atoms with van der Waals surface area (Å²) in [5.74, 6) is 3.22. The van der Waals surface area contributed by atoms with E-state index in [1.165, 1.54) is 11.1 Å². The van der Waals surface area contributed by atoms with Gasteiger partial charge in [0.05, 0.1) is 0 Å². The van der Waals surface area contributed by atoms with Gasteiger partial charge in [0.2, 0.25) is 0 Å². The fourth-order valence-corrected chi connectivity index (χ4v) is 3.04. The van der Waals surface area contributed by atoms with E-state index in [0.717, 1.165) is 16.2 Å². The number of rotatable bonds is 5. The molecular weight excluding hydrogens is 276 g/mol. The number of aliphatic hydroxyl groups excluding tert-OH is 1. The van der Waals surface area contributed by atoms with Gasteiger partial charge in [-0.05, 0) is 24.1 Å². The predicted octanol–water partition coefficient (Wildman–Crippen LogP) is 4.55. The summed E-state index contributed by atoms with van der Waals surface area (Å²) in [7, 11) is 0. The molecule has 0 aliphatic rings. The molecule has 0 aliphatic carbocycles. The maximum atomic E-state index is 9.83. The fraction of sp³-hybridized carbons (Fsp3) is 0.158. The van der Waals surface area contributed by atoms with Crippen molar-refractivity contribution in [2.75, 3.05) is 5.75 Å². The lowest BCUT2D eigenvalue weighted by Crippen LogP contribution is -1.95. The van der Waals surface area contributed by atoms with Crippen molar-refractivity contribution in [3.05, 3.63) is 71.8 Å². The minimum atomic E-state index is -0.840. The Bertz CT molecular complexity index is 653. The molecule has 0 saturated carbocycles. The Kier molecular flexibility index (Phi) is 5.68. The zero-order valence-electron chi connectivity index (χ0n) is 12.0. The number of hydrogen-bond acceptors (Lipinski definition) is 2. The normalized spacial score (nSPS) is 12.7. The highest BCUT2D eigenvalue weighted by molar-refractivity contribution is 7.99. The van der Waals surface area contributed by atoms with Crippen LogP contribution in [-0.2, 0) is 0 Å². The van der Waals surface area contributed by atoms with Crippen molar-refractivity contribution in [3.8, 4) is 12.3 Å². The average molecular weight is 294 g/mol. The Hall–Kier alpha value is -1.95. The summed E-state index contributed by atoms with van der Waals surface area (Å²) in [5.41, 5.74) is 3.28. The third-order valence-electron chi connectivity index (χ3n) is 3.23. The lowest BCUT2D eigenvalue weighted by Gasteiger charge is -2.10. The van der Waals surface area contributed by atoms with Gasteiger partial charge in [-0.25, -0.2) is 0 Å². The van der Waals surface area contributed by atoms with Crippen LogP contribution in [0.4, 0.5) is 0 Å². The molecule has 1 unspecified atom stereocenters. The monoisotopic (exact) mass is 294 g/mol. The number of benzene rings is 2. The summed E-state index contributed by atoms with van der Waals surface area (Å²) in [5, 5.41) is 9.83. The summed E-state index contributed by atoms with van der Waals surface area (Å²) >= 11 is 1.68. The Morgan fingerprint density at radius 1 is 1.19 bits per heavy atom. The zero-order valence-corrected chi connectivity index (χ0v) is 12.8. The van der Waals surface area contributed by atoms with Crippen LogP contribution in [-0.4, -0.2) is 10.9 Å². The number of allylic oxidation sites excluding steroid dienone is 1. The molecule has 0 amide bonds. The van der Waals surface area contributed by atoms with Crippen molar-refractivity contribution in [1.82, 2.24) is 0 Å². The highest BCUT2D eigenvalue weighted by atomic mass is 32.2. The maximum absolute atomic E-state index is 9.83. The van der Waals surface area contributed by atoms with Crippen molar-refractivity contribution in [3.63, 3.8) is 0 Å². The van der Waals surface area contributed by atoms with Gasteiger partial charge in [0.15, 0.2) is 0 Å². The minimum absolute atomic E-state index is 0.802. The van der Waals surface area contributed by atoms with Crippen molar-refractivity contribution >= 4 is 17.3 Å². The maximum Gasteiger partial charge on any atom is 0.141 e. The second kappa shape index (κ2) is 7.73. The van der Waals surface area contributed by atoms with E-state index in [2.05, 4.69) is 31.1 Å². The van der Waals surface area contributed by atoms with Crippen LogP contribution in [0.3, 0.4) is 0 Å². The summed E-state index contributed by atoms with van der Waals surface area (Å²) < 4.78 is 0. The predicted molar refractivity (Wildman–Crippen MR) is 91.1 cm³/mol. The van der Waals surface area contributed by atoms with E-state index in [0.29, 0.717) is 0 Å². The van der Waals surface area contributed by atoms with Gasteiger partial charge in [-0.3, -0.25) is 0 Å². The van der Waals surface area contributed by atoms with Crippen molar-refractivity contribution in [2.45, 2.75) is 17.9 Å². The van der Waals surface area contributed by atoms with Crippen molar-refractivity contribution in [1.29, 1.82) is 0 Å². The number of hydrogen-bond donors (Lipinski definition) is 1. The lowest BCUT2D eigenvalue weighted by molar-refractivity contribution is 0.235. The summed E-state index contributed by atoms with van der Waals surface area (Å²) in [4.78, 5) is 1.03. The molecule has 1 nitrogen and oxygen atoms in total. The molecule has 106 valence electrons. The molecule has 2 rings (SSSR count). The van der Waals surface area contributed by atoms with E-state index < -0.39 is 6.10 Å². The highest BCUT2D eigenvalue weighted by Gasteiger charge is 2.08. The molecule has 0 heterocycles. The highest BCUT2D eigenvalue weighted by Crippen LogP contribution is 2.28. The first-order chi connectivity index (χ1) is 10.2. The number of thioether (sulfide) groups is 1. The van der Waals surface area contributed by atoms with Gasteiger partial charge in [0.25, 0.3) is 0 Å². The van der Waals surface area contributed by atoms with Crippen LogP contribution in [0.1, 0.15) is 24.2 Å². The Morgan fingerprint density at radius 2 is 1.86 bits per heavy atom. The second-order valence-corrected chi connectivity index (χ2v) is 5.73. The first-order valence-electron chi connectivity index (χ1n) is 6.80. The summed E-state index contributed by atoms with van der Waals surface area (Å²) in [6, 6.07) is 18.0. The zero-order chi connectivity index (χ0) is 15.1. The second-order valence-electron chi connectivity index (χ2n) is 4.67. The molecule has 0 aromatic heterocycles. The van der Waals surface area contributed by atoms with E-state index in [4.69, 9.17) is 6.42 Å². The molecule has 1 atom stereocenters. The molecule has 0 aliphatic heterocycles. The molecule has 0 bridgehead atoms. The van der Waals surface area contributed by atoms with Gasteiger partial charge in [-0.2, -0.15) is 0 Å². The molecule has 2 aromatic carbocycles. The topological polar surface area (TPSA) is 20.2 Å². The molecule has 1 N–H and O–H groups in total. The minimum Gasteiger partial charge on any atom is -0.376 e. The largest absolute Gasteiger partial charge is 0.376 e. The number of aliphatic hydroxyl groups is 1. The average Bonchev–Trinajstić information content (AvgIpc) is 2.55. The van der Waals surface area contributed by atoms with Gasteiger partial charge >= 0.3 is 0 Å². The summed E-state index contributed by atoms with van der Waals surface area (Å²) in [6.45, 7) is 2.11. The Balaban J connectivity index is 2.06. The van der Waals surface area contributed by atoms with Gasteiger partial charge in [-0.15, -0.1) is 18.2 Å². The van der Waals surface area contributed by atoms with Gasteiger partial charge < -0.3 is 5.11 Å². The molecule has 0 spiro atoms. The van der Waals surface area contributed by atoms with Crippen LogP contribution in [0.5, 0.6) is 0 Å². The van der Waals surface area contributed by atoms with Crippen LogP contribution in [0.25, 0.3) is 5.57 Å². The van der Waals surface area contributed by atoms with Crippen molar-refractivity contribution in [2.24, 2.45) is 0 Å². The van der Waals surface area contributed by atoms with E-state index >= 15 is 0 Å². The number of terminal acetylenes is 1. The third kappa shape index (κ3) is 4.26. The molecule has 2 aromatic rings. The van der Waals surface area contributed by atoms with Gasteiger partial charge in [0, 0.05) is 16.2 Å². The third-order valence-corrected chi connectivity index (χ3v) is 4.25. The Morgan fingerprint density at radius 3 is 2.57 bits per heavy atom. The van der Waals surface area contributed by atoms with E-state index in [1.54, 1.807) is 11.8 Å². The van der Waals surface area contributed by atoms with Gasteiger partial charge in [0.1, 0.15) is 6.10 Å². The van der Waals surface area contributed by atoms with E-state index in [1.807, 2.05) is 42.5 Å². The van der Waals surface area contributed by atoms with E-state index in [-0.39, 0.29) is 0 Å². The first kappa shape index (κ1) is 15.4. The molecule has 0 saturated heterocycles. The lowest BCUT2D eigenvalue weighted by atomic mass is 10.1. The van der Waals surface area contributed by atoms with Crippen LogP contribution >= 0.6 is 11.8 Å². The smallest absolute Gasteiger partial charge is 0.141 e. The van der Waals surface area contributed by atoms with Gasteiger partial charge in [-0.1, -0.05) is 60.5 Å². The van der Waals surface area contributed by atoms with Crippen molar-refractivity contribution < 1.29 is 5.11 Å².